The van der Waals surface area contributed by atoms with Crippen molar-refractivity contribution in [3.05, 3.63) is 36.5 Å². The summed E-state index contributed by atoms with van der Waals surface area (Å²) in [5.74, 6) is -0.389. The summed E-state index contributed by atoms with van der Waals surface area (Å²) in [6.45, 7) is 7.84. The lowest BCUT2D eigenvalue weighted by molar-refractivity contribution is -0.163. The summed E-state index contributed by atoms with van der Waals surface area (Å²) in [4.78, 5) is 25.5. The van der Waals surface area contributed by atoms with Gasteiger partial charge in [-0.25, -0.2) is 0 Å². The maximum atomic E-state index is 12.8. The summed E-state index contributed by atoms with van der Waals surface area (Å²) >= 11 is 0. The molecule has 0 fully saturated rings. The van der Waals surface area contributed by atoms with Gasteiger partial charge in [-0.05, 0) is 77.0 Å². The first kappa shape index (κ1) is 64.1. The number of ether oxygens (including phenoxy) is 3. The molecule has 1 unspecified atom stereocenters. The molecule has 0 spiro atoms. The summed E-state index contributed by atoms with van der Waals surface area (Å²) in [5, 5.41) is 0. The van der Waals surface area contributed by atoms with Crippen molar-refractivity contribution in [2.75, 3.05) is 19.8 Å². The number of esters is 2. The van der Waals surface area contributed by atoms with Crippen molar-refractivity contribution in [3.63, 3.8) is 0 Å². The standard InChI is InChI=1S/C61H114O5/c1-4-7-10-13-16-19-22-25-27-29-30-31-33-35-38-41-44-47-50-53-56-64-57-59(66-61(63)55-52-49-46-43-40-36-24-21-18-15-12-9-6-3)58-65-60(62)54-51-48-45-42-39-37-34-32-28-26-23-20-17-14-11-8-5-2/h16,19,21,24-25,27,59H,4-15,17-18,20,22-23,26,28-58H2,1-3H3/b19-16-,24-21-,27-25-. The molecular formula is C61H114O5. The molecule has 1 atom stereocenters. The van der Waals surface area contributed by atoms with Crippen LogP contribution in [0.3, 0.4) is 0 Å². The molecule has 0 bridgehead atoms. The molecule has 388 valence electrons. The molecule has 0 aromatic heterocycles. The molecule has 0 aromatic rings. The van der Waals surface area contributed by atoms with Gasteiger partial charge in [-0.15, -0.1) is 0 Å². The Kier molecular flexibility index (Phi) is 55.8. The molecule has 0 N–H and O–H groups in total. The van der Waals surface area contributed by atoms with Crippen LogP contribution in [-0.2, 0) is 23.8 Å². The second-order valence-corrected chi connectivity index (χ2v) is 19.9. The van der Waals surface area contributed by atoms with Crippen LogP contribution in [0.4, 0.5) is 0 Å². The van der Waals surface area contributed by atoms with Crippen LogP contribution in [0.1, 0.15) is 316 Å². The quantitative estimate of drug-likeness (QED) is 0.0345. The Balaban J connectivity index is 4.20. The van der Waals surface area contributed by atoms with Crippen LogP contribution in [-0.4, -0.2) is 37.9 Å². The van der Waals surface area contributed by atoms with Crippen molar-refractivity contribution in [1.82, 2.24) is 0 Å². The van der Waals surface area contributed by atoms with Gasteiger partial charge < -0.3 is 14.2 Å². The van der Waals surface area contributed by atoms with E-state index in [-0.39, 0.29) is 25.2 Å². The predicted octanol–water partition coefficient (Wildman–Crippen LogP) is 20.1. The first-order valence-electron chi connectivity index (χ1n) is 29.5. The molecule has 0 amide bonds. The molecule has 0 aliphatic rings. The Labute approximate surface area is 412 Å². The lowest BCUT2D eigenvalue weighted by Crippen LogP contribution is -2.30. The van der Waals surface area contributed by atoms with Gasteiger partial charge in [-0.1, -0.05) is 263 Å². The van der Waals surface area contributed by atoms with E-state index in [1.807, 2.05) is 0 Å². The number of hydrogen-bond donors (Lipinski definition) is 0. The van der Waals surface area contributed by atoms with Crippen molar-refractivity contribution in [1.29, 1.82) is 0 Å². The van der Waals surface area contributed by atoms with Crippen LogP contribution in [0, 0.1) is 0 Å². The largest absolute Gasteiger partial charge is 0.462 e. The summed E-state index contributed by atoms with van der Waals surface area (Å²) in [6, 6.07) is 0. The minimum absolute atomic E-state index is 0.0865. The first-order chi connectivity index (χ1) is 32.6. The van der Waals surface area contributed by atoms with Crippen LogP contribution in [0.2, 0.25) is 0 Å². The molecule has 0 aliphatic carbocycles. The summed E-state index contributed by atoms with van der Waals surface area (Å²) in [6.07, 6.45) is 70.2. The van der Waals surface area contributed by atoms with Gasteiger partial charge in [0, 0.05) is 19.4 Å². The van der Waals surface area contributed by atoms with E-state index in [2.05, 4.69) is 57.2 Å². The molecule has 5 heteroatoms. The zero-order chi connectivity index (χ0) is 47.7. The lowest BCUT2D eigenvalue weighted by Gasteiger charge is -2.18. The van der Waals surface area contributed by atoms with Crippen molar-refractivity contribution in [2.45, 2.75) is 322 Å². The second-order valence-electron chi connectivity index (χ2n) is 19.9. The predicted molar refractivity (Wildman–Crippen MR) is 288 cm³/mol. The minimum atomic E-state index is -0.538. The highest BCUT2D eigenvalue weighted by Gasteiger charge is 2.17. The van der Waals surface area contributed by atoms with Crippen LogP contribution >= 0.6 is 0 Å². The van der Waals surface area contributed by atoms with Gasteiger partial charge in [0.25, 0.3) is 0 Å². The number of carbonyl (C=O) groups is 2. The summed E-state index contributed by atoms with van der Waals surface area (Å²) < 4.78 is 17.5. The zero-order valence-electron chi connectivity index (χ0n) is 44.7. The Bertz CT molecular complexity index is 1050. The van der Waals surface area contributed by atoms with Gasteiger partial charge in [0.2, 0.25) is 0 Å². The van der Waals surface area contributed by atoms with E-state index in [9.17, 15) is 9.59 Å². The van der Waals surface area contributed by atoms with E-state index in [1.54, 1.807) is 0 Å². The Morgan fingerprint density at radius 2 is 0.636 bits per heavy atom. The fourth-order valence-corrected chi connectivity index (χ4v) is 8.71. The van der Waals surface area contributed by atoms with Crippen LogP contribution < -0.4 is 0 Å². The highest BCUT2D eigenvalue weighted by Crippen LogP contribution is 2.16. The maximum absolute atomic E-state index is 12.8. The number of carbonyl (C=O) groups excluding carboxylic acids is 2. The molecule has 0 saturated heterocycles. The van der Waals surface area contributed by atoms with E-state index >= 15 is 0 Å². The van der Waals surface area contributed by atoms with Crippen molar-refractivity contribution >= 4 is 11.9 Å². The van der Waals surface area contributed by atoms with E-state index in [1.165, 1.54) is 225 Å². The van der Waals surface area contributed by atoms with E-state index in [4.69, 9.17) is 14.2 Å². The molecule has 5 nitrogen and oxygen atoms in total. The smallest absolute Gasteiger partial charge is 0.306 e. The van der Waals surface area contributed by atoms with Gasteiger partial charge in [0.15, 0.2) is 6.10 Å². The zero-order valence-corrected chi connectivity index (χ0v) is 44.7. The Morgan fingerprint density at radius 1 is 0.333 bits per heavy atom. The molecular weight excluding hydrogens is 813 g/mol. The number of unbranched alkanes of at least 4 members (excludes halogenated alkanes) is 38. The SMILES string of the molecule is CCCCC/C=C\C/C=C\CCCCCCCCCCCCOCC(COC(=O)CCCCCCCCCCCCCCCCCCC)OC(=O)CCCCCCC/C=C\CCCCCC. The van der Waals surface area contributed by atoms with Crippen molar-refractivity contribution in [3.8, 4) is 0 Å². The third kappa shape index (κ3) is 54.7. The Hall–Kier alpha value is -1.88. The van der Waals surface area contributed by atoms with Gasteiger partial charge in [-0.3, -0.25) is 9.59 Å². The molecule has 0 saturated carbocycles. The van der Waals surface area contributed by atoms with E-state index in [0.29, 0.717) is 19.4 Å². The summed E-state index contributed by atoms with van der Waals surface area (Å²) in [7, 11) is 0. The van der Waals surface area contributed by atoms with Gasteiger partial charge >= 0.3 is 11.9 Å². The average Bonchev–Trinajstić information content (AvgIpc) is 3.32. The van der Waals surface area contributed by atoms with Gasteiger partial charge in [0.1, 0.15) is 6.61 Å². The third-order valence-electron chi connectivity index (χ3n) is 13.1. The van der Waals surface area contributed by atoms with Crippen LogP contribution in [0.25, 0.3) is 0 Å². The summed E-state index contributed by atoms with van der Waals surface area (Å²) in [5.41, 5.74) is 0. The maximum Gasteiger partial charge on any atom is 0.306 e. The van der Waals surface area contributed by atoms with E-state index < -0.39 is 6.10 Å². The normalized spacial score (nSPS) is 12.3. The molecule has 0 radical (unpaired) electrons. The first-order valence-corrected chi connectivity index (χ1v) is 29.5. The Morgan fingerprint density at radius 3 is 1.06 bits per heavy atom. The molecule has 0 aromatic carbocycles. The lowest BCUT2D eigenvalue weighted by atomic mass is 10.0. The highest BCUT2D eigenvalue weighted by molar-refractivity contribution is 5.70. The topological polar surface area (TPSA) is 61.8 Å². The van der Waals surface area contributed by atoms with E-state index in [0.717, 1.165) is 57.8 Å². The number of rotatable bonds is 55. The molecule has 66 heavy (non-hydrogen) atoms. The third-order valence-corrected chi connectivity index (χ3v) is 13.1. The molecule has 0 rings (SSSR count). The monoisotopic (exact) mass is 927 g/mol. The fraction of sp³-hybridized carbons (Fsp3) is 0.869. The highest BCUT2D eigenvalue weighted by atomic mass is 16.6. The number of allylic oxidation sites excluding steroid dienone is 6. The second kappa shape index (κ2) is 57.4. The van der Waals surface area contributed by atoms with Gasteiger partial charge in [0.05, 0.1) is 6.61 Å². The average molecular weight is 928 g/mol. The number of hydrogen-bond acceptors (Lipinski definition) is 5. The molecule has 0 heterocycles. The van der Waals surface area contributed by atoms with Gasteiger partial charge in [-0.2, -0.15) is 0 Å². The van der Waals surface area contributed by atoms with Crippen molar-refractivity contribution in [2.24, 2.45) is 0 Å². The van der Waals surface area contributed by atoms with Crippen molar-refractivity contribution < 1.29 is 23.8 Å². The minimum Gasteiger partial charge on any atom is -0.462 e. The van der Waals surface area contributed by atoms with Crippen LogP contribution in [0.15, 0.2) is 36.5 Å². The molecule has 0 aliphatic heterocycles. The van der Waals surface area contributed by atoms with Crippen LogP contribution in [0.5, 0.6) is 0 Å². The fourth-order valence-electron chi connectivity index (χ4n) is 8.71.